The zero-order valence-corrected chi connectivity index (χ0v) is 11.2. The van der Waals surface area contributed by atoms with E-state index < -0.39 is 23.6 Å². The Kier molecular flexibility index (Phi) is 3.51. The first-order valence-corrected chi connectivity index (χ1v) is 6.29. The molecular formula is C15H7F4NO3. The lowest BCUT2D eigenvalue weighted by molar-refractivity contribution is -0.274. The molecule has 0 spiro atoms. The minimum absolute atomic E-state index is 0.0402. The molecule has 4 nitrogen and oxygen atoms in total. The van der Waals surface area contributed by atoms with Gasteiger partial charge >= 0.3 is 12.0 Å². The summed E-state index contributed by atoms with van der Waals surface area (Å²) < 4.78 is 59.0. The smallest absolute Gasteiger partial charge is 0.406 e. The SMILES string of the molecule is O=c1oc(-c2cccc(OC(F)(F)F)c2)nc2cccc(F)c12. The topological polar surface area (TPSA) is 52.3 Å². The minimum Gasteiger partial charge on any atom is -0.406 e. The van der Waals surface area contributed by atoms with Crippen LogP contribution in [-0.2, 0) is 0 Å². The predicted molar refractivity (Wildman–Crippen MR) is 72.4 cm³/mol. The van der Waals surface area contributed by atoms with Gasteiger partial charge in [0.2, 0.25) is 5.89 Å². The summed E-state index contributed by atoms with van der Waals surface area (Å²) in [5.74, 6) is -1.51. The second-order valence-corrected chi connectivity index (χ2v) is 4.52. The van der Waals surface area contributed by atoms with E-state index in [2.05, 4.69) is 9.72 Å². The quantitative estimate of drug-likeness (QED) is 0.671. The van der Waals surface area contributed by atoms with E-state index in [0.29, 0.717) is 0 Å². The molecule has 0 N–H and O–H groups in total. The fourth-order valence-electron chi connectivity index (χ4n) is 2.03. The number of alkyl halides is 3. The Morgan fingerprint density at radius 3 is 2.57 bits per heavy atom. The van der Waals surface area contributed by atoms with Gasteiger partial charge in [0, 0.05) is 5.56 Å². The van der Waals surface area contributed by atoms with Crippen molar-refractivity contribution in [3.63, 3.8) is 0 Å². The highest BCUT2D eigenvalue weighted by Gasteiger charge is 2.31. The molecule has 1 heterocycles. The van der Waals surface area contributed by atoms with E-state index in [9.17, 15) is 22.4 Å². The van der Waals surface area contributed by atoms with Crippen LogP contribution in [0.2, 0.25) is 0 Å². The first kappa shape index (κ1) is 15.0. The van der Waals surface area contributed by atoms with E-state index in [1.165, 1.54) is 24.3 Å². The van der Waals surface area contributed by atoms with Crippen molar-refractivity contribution in [2.75, 3.05) is 0 Å². The molecular weight excluding hydrogens is 318 g/mol. The predicted octanol–water partition coefficient (Wildman–Crippen LogP) is 3.89. The van der Waals surface area contributed by atoms with E-state index >= 15 is 0 Å². The zero-order chi connectivity index (χ0) is 16.6. The van der Waals surface area contributed by atoms with Gasteiger partial charge in [0.1, 0.15) is 17.0 Å². The molecule has 118 valence electrons. The third-order valence-corrected chi connectivity index (χ3v) is 2.92. The van der Waals surface area contributed by atoms with Gasteiger partial charge in [-0.15, -0.1) is 13.2 Å². The van der Waals surface area contributed by atoms with Gasteiger partial charge in [-0.1, -0.05) is 12.1 Å². The molecule has 23 heavy (non-hydrogen) atoms. The molecule has 0 aliphatic carbocycles. The monoisotopic (exact) mass is 325 g/mol. The van der Waals surface area contributed by atoms with Crippen molar-refractivity contribution in [1.29, 1.82) is 0 Å². The molecule has 3 rings (SSSR count). The molecule has 0 atom stereocenters. The largest absolute Gasteiger partial charge is 0.573 e. The Hall–Kier alpha value is -2.90. The van der Waals surface area contributed by atoms with Gasteiger partial charge in [-0.25, -0.2) is 14.2 Å². The number of halogens is 4. The fourth-order valence-corrected chi connectivity index (χ4v) is 2.03. The average Bonchev–Trinajstić information content (AvgIpc) is 2.45. The van der Waals surface area contributed by atoms with Crippen LogP contribution in [0, 0.1) is 5.82 Å². The number of rotatable bonds is 2. The molecule has 0 saturated carbocycles. The van der Waals surface area contributed by atoms with Crippen LogP contribution in [0.3, 0.4) is 0 Å². The number of benzene rings is 2. The Labute approximate surface area is 125 Å². The van der Waals surface area contributed by atoms with E-state index in [4.69, 9.17) is 4.42 Å². The van der Waals surface area contributed by atoms with Gasteiger partial charge in [0.25, 0.3) is 0 Å². The molecule has 0 unspecified atom stereocenters. The molecule has 0 fully saturated rings. The van der Waals surface area contributed by atoms with Crippen molar-refractivity contribution in [2.24, 2.45) is 0 Å². The maximum absolute atomic E-state index is 13.6. The lowest BCUT2D eigenvalue weighted by atomic mass is 10.2. The van der Waals surface area contributed by atoms with Crippen molar-refractivity contribution >= 4 is 10.9 Å². The highest BCUT2D eigenvalue weighted by atomic mass is 19.4. The van der Waals surface area contributed by atoms with E-state index in [0.717, 1.165) is 18.2 Å². The summed E-state index contributed by atoms with van der Waals surface area (Å²) in [5.41, 5.74) is -0.835. The van der Waals surface area contributed by atoms with Crippen molar-refractivity contribution in [3.8, 4) is 17.2 Å². The third kappa shape index (κ3) is 3.15. The molecule has 0 saturated heterocycles. The lowest BCUT2D eigenvalue weighted by Gasteiger charge is -2.09. The molecule has 3 aromatic rings. The minimum atomic E-state index is -4.85. The molecule has 0 aliphatic rings. The molecule has 0 amide bonds. The van der Waals surface area contributed by atoms with Crippen LogP contribution >= 0.6 is 0 Å². The lowest BCUT2D eigenvalue weighted by Crippen LogP contribution is -2.17. The Balaban J connectivity index is 2.11. The molecule has 0 bridgehead atoms. The fraction of sp³-hybridized carbons (Fsp3) is 0.0667. The van der Waals surface area contributed by atoms with Crippen LogP contribution < -0.4 is 10.4 Å². The van der Waals surface area contributed by atoms with Gasteiger partial charge in [-0.2, -0.15) is 0 Å². The van der Waals surface area contributed by atoms with Gasteiger partial charge < -0.3 is 9.15 Å². The number of aromatic nitrogens is 1. The van der Waals surface area contributed by atoms with Crippen molar-refractivity contribution in [1.82, 2.24) is 4.98 Å². The third-order valence-electron chi connectivity index (χ3n) is 2.92. The van der Waals surface area contributed by atoms with Crippen LogP contribution in [0.1, 0.15) is 0 Å². The number of hydrogen-bond donors (Lipinski definition) is 0. The summed E-state index contributed by atoms with van der Waals surface area (Å²) in [7, 11) is 0. The standard InChI is InChI=1S/C15H7F4NO3/c16-10-5-2-6-11-12(10)14(21)22-13(20-11)8-3-1-4-9(7-8)23-15(17,18)19/h1-7H. The average molecular weight is 325 g/mol. The molecule has 1 aromatic heterocycles. The van der Waals surface area contributed by atoms with Gasteiger partial charge in [0.15, 0.2) is 0 Å². The number of ether oxygens (including phenoxy) is 1. The molecule has 2 aromatic carbocycles. The Morgan fingerprint density at radius 1 is 1.09 bits per heavy atom. The first-order valence-electron chi connectivity index (χ1n) is 6.29. The Bertz CT molecular complexity index is 934. The summed E-state index contributed by atoms with van der Waals surface area (Å²) >= 11 is 0. The number of nitrogens with zero attached hydrogens (tertiary/aromatic N) is 1. The second kappa shape index (κ2) is 5.38. The second-order valence-electron chi connectivity index (χ2n) is 4.52. The highest BCUT2D eigenvalue weighted by Crippen LogP contribution is 2.27. The van der Waals surface area contributed by atoms with Gasteiger partial charge in [-0.3, -0.25) is 0 Å². The first-order chi connectivity index (χ1) is 10.8. The maximum Gasteiger partial charge on any atom is 0.573 e. The van der Waals surface area contributed by atoms with Crippen molar-refractivity contribution < 1.29 is 26.7 Å². The number of fused-ring (bicyclic) bond motifs is 1. The van der Waals surface area contributed by atoms with E-state index in [-0.39, 0.29) is 22.4 Å². The van der Waals surface area contributed by atoms with E-state index in [1.807, 2.05) is 0 Å². The van der Waals surface area contributed by atoms with Crippen LogP contribution in [0.15, 0.2) is 51.7 Å². The normalized spacial score (nSPS) is 11.7. The summed E-state index contributed by atoms with van der Waals surface area (Å²) in [5, 5.41) is -0.320. The van der Waals surface area contributed by atoms with Gasteiger partial charge in [0.05, 0.1) is 5.52 Å². The summed E-state index contributed by atoms with van der Waals surface area (Å²) in [6.07, 6.45) is -4.85. The summed E-state index contributed by atoms with van der Waals surface area (Å²) in [6.45, 7) is 0. The molecule has 8 heteroatoms. The maximum atomic E-state index is 13.6. The molecule has 0 radical (unpaired) electrons. The van der Waals surface area contributed by atoms with Crippen LogP contribution in [0.25, 0.3) is 22.4 Å². The van der Waals surface area contributed by atoms with Crippen LogP contribution in [0.5, 0.6) is 5.75 Å². The highest BCUT2D eigenvalue weighted by molar-refractivity contribution is 5.79. The Morgan fingerprint density at radius 2 is 1.83 bits per heavy atom. The van der Waals surface area contributed by atoms with Crippen LogP contribution in [0.4, 0.5) is 17.6 Å². The zero-order valence-electron chi connectivity index (χ0n) is 11.2. The van der Waals surface area contributed by atoms with Crippen molar-refractivity contribution in [2.45, 2.75) is 6.36 Å². The summed E-state index contributed by atoms with van der Waals surface area (Å²) in [6, 6.07) is 8.62. The van der Waals surface area contributed by atoms with E-state index in [1.54, 1.807) is 0 Å². The number of hydrogen-bond acceptors (Lipinski definition) is 4. The van der Waals surface area contributed by atoms with Gasteiger partial charge in [-0.05, 0) is 30.3 Å². The molecule has 0 aliphatic heterocycles. The van der Waals surface area contributed by atoms with Crippen LogP contribution in [-0.4, -0.2) is 11.3 Å². The summed E-state index contributed by atoms with van der Waals surface area (Å²) in [4.78, 5) is 15.8. The van der Waals surface area contributed by atoms with Crippen molar-refractivity contribution in [3.05, 3.63) is 58.7 Å².